The molecule has 1 aliphatic heterocycles. The van der Waals surface area contributed by atoms with Gasteiger partial charge in [0.25, 0.3) is 0 Å². The number of nitrogens with zero attached hydrogens (tertiary/aromatic N) is 1. The third-order valence-electron chi connectivity index (χ3n) is 6.47. The van der Waals surface area contributed by atoms with Crippen molar-refractivity contribution >= 4 is 17.8 Å². The van der Waals surface area contributed by atoms with Gasteiger partial charge in [-0.2, -0.15) is 0 Å². The molecule has 0 radical (unpaired) electrons. The number of benzene rings is 2. The molecule has 6 heteroatoms. The van der Waals surface area contributed by atoms with Crippen molar-refractivity contribution in [1.82, 2.24) is 10.2 Å². The maximum atomic E-state index is 13.4. The van der Waals surface area contributed by atoms with Gasteiger partial charge in [0, 0.05) is 19.2 Å². The van der Waals surface area contributed by atoms with Gasteiger partial charge in [-0.15, -0.1) is 0 Å². The van der Waals surface area contributed by atoms with E-state index in [0.29, 0.717) is 25.1 Å². The van der Waals surface area contributed by atoms with Gasteiger partial charge in [0.1, 0.15) is 5.41 Å². The normalized spacial score (nSPS) is 22.6. The average molecular weight is 418 g/mol. The first kappa shape index (κ1) is 20.8. The molecule has 1 fully saturated rings. The zero-order valence-electron chi connectivity index (χ0n) is 17.5. The summed E-state index contributed by atoms with van der Waals surface area (Å²) in [5.74, 6) is -2.52. The third-order valence-corrected chi connectivity index (χ3v) is 6.47. The van der Waals surface area contributed by atoms with Crippen LogP contribution in [0.4, 0.5) is 0 Å². The number of hydrogen-bond acceptors (Lipinski definition) is 3. The van der Waals surface area contributed by atoms with Crippen LogP contribution >= 0.6 is 0 Å². The van der Waals surface area contributed by atoms with Gasteiger partial charge >= 0.3 is 5.97 Å². The van der Waals surface area contributed by atoms with E-state index >= 15 is 0 Å². The highest BCUT2D eigenvalue weighted by atomic mass is 16.4. The zero-order valence-corrected chi connectivity index (χ0v) is 17.5. The summed E-state index contributed by atoms with van der Waals surface area (Å²) in [4.78, 5) is 39.5. The molecule has 2 aliphatic rings. The second-order valence-electron chi connectivity index (χ2n) is 8.18. The van der Waals surface area contributed by atoms with Crippen molar-refractivity contribution in [3.63, 3.8) is 0 Å². The number of amides is 2. The lowest BCUT2D eigenvalue weighted by Gasteiger charge is -2.33. The highest BCUT2D eigenvalue weighted by molar-refractivity contribution is 5.98. The second-order valence-corrected chi connectivity index (χ2v) is 8.18. The summed E-state index contributed by atoms with van der Waals surface area (Å²) in [5.41, 5.74) is 2.31. The van der Waals surface area contributed by atoms with Gasteiger partial charge < -0.3 is 15.3 Å². The van der Waals surface area contributed by atoms with Crippen molar-refractivity contribution in [3.8, 4) is 11.1 Å². The number of carbonyl (C=O) groups is 3. The van der Waals surface area contributed by atoms with E-state index in [1.165, 1.54) is 7.05 Å². The van der Waals surface area contributed by atoms with E-state index in [9.17, 15) is 19.5 Å². The molecule has 4 rings (SSSR count). The van der Waals surface area contributed by atoms with Crippen LogP contribution in [0.3, 0.4) is 0 Å². The summed E-state index contributed by atoms with van der Waals surface area (Å²) >= 11 is 0. The molecule has 0 saturated carbocycles. The van der Waals surface area contributed by atoms with Crippen molar-refractivity contribution in [2.24, 2.45) is 11.3 Å². The summed E-state index contributed by atoms with van der Waals surface area (Å²) in [6.45, 7) is 0.291. The van der Waals surface area contributed by atoms with Gasteiger partial charge in [0.15, 0.2) is 0 Å². The van der Waals surface area contributed by atoms with Crippen LogP contribution in [0, 0.1) is 11.3 Å². The Kier molecular flexibility index (Phi) is 5.63. The number of fused-ring (bicyclic) bond motifs is 1. The van der Waals surface area contributed by atoms with Crippen molar-refractivity contribution in [1.29, 1.82) is 0 Å². The Morgan fingerprint density at radius 3 is 2.42 bits per heavy atom. The first-order valence-electron chi connectivity index (χ1n) is 10.6. The Labute approximate surface area is 181 Å². The Morgan fingerprint density at radius 1 is 1.10 bits per heavy atom. The fourth-order valence-corrected chi connectivity index (χ4v) is 4.84. The molecule has 1 saturated heterocycles. The predicted octanol–water partition coefficient (Wildman–Crippen LogP) is 3.59. The summed E-state index contributed by atoms with van der Waals surface area (Å²) in [7, 11) is 1.50. The molecule has 2 unspecified atom stereocenters. The molecule has 2 amide bonds. The highest BCUT2D eigenvalue weighted by Gasteiger charge is 2.61. The van der Waals surface area contributed by atoms with Crippen LogP contribution in [-0.2, 0) is 20.9 Å². The molecule has 0 bridgehead atoms. The van der Waals surface area contributed by atoms with Crippen LogP contribution in [0.1, 0.15) is 31.2 Å². The molecule has 1 aliphatic carbocycles. The van der Waals surface area contributed by atoms with Crippen LogP contribution in [0.5, 0.6) is 0 Å². The number of carboxylic acid groups (broad SMARTS) is 1. The largest absolute Gasteiger partial charge is 0.481 e. The summed E-state index contributed by atoms with van der Waals surface area (Å²) in [6, 6.07) is 18.0. The zero-order chi connectivity index (χ0) is 22.0. The highest BCUT2D eigenvalue weighted by Crippen LogP contribution is 2.53. The molecule has 1 heterocycles. The van der Waals surface area contributed by atoms with Crippen LogP contribution in [-0.4, -0.2) is 34.8 Å². The van der Waals surface area contributed by atoms with E-state index in [0.717, 1.165) is 23.1 Å². The first-order chi connectivity index (χ1) is 15.0. The maximum Gasteiger partial charge on any atom is 0.316 e. The van der Waals surface area contributed by atoms with E-state index in [1.54, 1.807) is 4.90 Å². The van der Waals surface area contributed by atoms with E-state index in [2.05, 4.69) is 5.32 Å². The number of likely N-dealkylation sites (tertiary alicyclic amines) is 1. The minimum absolute atomic E-state index is 0.123. The van der Waals surface area contributed by atoms with Gasteiger partial charge in [0.2, 0.25) is 11.8 Å². The fraction of sp³-hybridized carbons (Fsp3) is 0.320. The molecular weight excluding hydrogens is 392 g/mol. The van der Waals surface area contributed by atoms with Crippen molar-refractivity contribution in [2.75, 3.05) is 7.05 Å². The van der Waals surface area contributed by atoms with E-state index in [1.807, 2.05) is 60.7 Å². The lowest BCUT2D eigenvalue weighted by Crippen LogP contribution is -2.41. The van der Waals surface area contributed by atoms with Crippen LogP contribution in [0.2, 0.25) is 0 Å². The fourth-order valence-electron chi connectivity index (χ4n) is 4.84. The second kappa shape index (κ2) is 8.38. The smallest absolute Gasteiger partial charge is 0.316 e. The third kappa shape index (κ3) is 3.63. The Bertz CT molecular complexity index is 1030. The molecule has 2 N–H and O–H groups in total. The number of nitrogens with one attached hydrogen (secondary N) is 1. The SMILES string of the molecule is CNC(=O)CC1C(=O)N(Cc2ccc(-c3ccccc3)cc2)C2=CCCCC21C(=O)O. The Balaban J connectivity index is 1.65. The van der Waals surface area contributed by atoms with Gasteiger partial charge in [-0.05, 0) is 36.0 Å². The van der Waals surface area contributed by atoms with E-state index in [4.69, 9.17) is 0 Å². The molecule has 2 aromatic carbocycles. The van der Waals surface area contributed by atoms with Crippen molar-refractivity contribution in [2.45, 2.75) is 32.2 Å². The monoisotopic (exact) mass is 418 g/mol. The van der Waals surface area contributed by atoms with Crippen molar-refractivity contribution in [3.05, 3.63) is 71.9 Å². The molecule has 2 atom stereocenters. The number of aliphatic carboxylic acids is 1. The predicted molar refractivity (Wildman–Crippen MR) is 117 cm³/mol. The summed E-state index contributed by atoms with van der Waals surface area (Å²) in [6.07, 6.45) is 3.53. The van der Waals surface area contributed by atoms with Crippen LogP contribution in [0.15, 0.2) is 66.4 Å². The topological polar surface area (TPSA) is 86.7 Å². The van der Waals surface area contributed by atoms with Gasteiger partial charge in [-0.3, -0.25) is 14.4 Å². The van der Waals surface area contributed by atoms with E-state index < -0.39 is 17.3 Å². The molecule has 31 heavy (non-hydrogen) atoms. The molecule has 0 aromatic heterocycles. The van der Waals surface area contributed by atoms with Crippen LogP contribution in [0.25, 0.3) is 11.1 Å². The minimum Gasteiger partial charge on any atom is -0.481 e. The van der Waals surface area contributed by atoms with Gasteiger partial charge in [-0.25, -0.2) is 0 Å². The lowest BCUT2D eigenvalue weighted by molar-refractivity contribution is -0.152. The number of allylic oxidation sites excluding steroid dienone is 1. The summed E-state index contributed by atoms with van der Waals surface area (Å²) < 4.78 is 0. The quantitative estimate of drug-likeness (QED) is 0.751. The molecule has 2 aromatic rings. The van der Waals surface area contributed by atoms with E-state index in [-0.39, 0.29) is 18.2 Å². The minimum atomic E-state index is -1.33. The van der Waals surface area contributed by atoms with Gasteiger partial charge in [-0.1, -0.05) is 60.7 Å². The molecule has 0 spiro atoms. The van der Waals surface area contributed by atoms with Gasteiger partial charge in [0.05, 0.1) is 12.5 Å². The average Bonchev–Trinajstić information content (AvgIpc) is 3.04. The number of carboxylic acids is 1. The Morgan fingerprint density at radius 2 is 1.77 bits per heavy atom. The van der Waals surface area contributed by atoms with Crippen molar-refractivity contribution < 1.29 is 19.5 Å². The number of carbonyl (C=O) groups excluding carboxylic acids is 2. The Hall–Kier alpha value is -3.41. The maximum absolute atomic E-state index is 13.4. The molecule has 160 valence electrons. The lowest BCUT2D eigenvalue weighted by atomic mass is 9.68. The number of hydrogen-bond donors (Lipinski definition) is 2. The molecular formula is C25H26N2O4. The number of rotatable bonds is 6. The van der Waals surface area contributed by atoms with Crippen LogP contribution < -0.4 is 5.32 Å². The standard InChI is InChI=1S/C25H26N2O4/c1-26-22(28)15-20-23(29)27(21-9-5-6-14-25(20,21)24(30)31)16-17-10-12-19(13-11-17)18-7-3-2-4-8-18/h2-4,7-13,20H,5-6,14-16H2,1H3,(H,26,28)(H,30,31). The first-order valence-corrected chi connectivity index (χ1v) is 10.6. The molecule has 6 nitrogen and oxygen atoms in total. The summed E-state index contributed by atoms with van der Waals surface area (Å²) in [5, 5.41) is 12.7.